The second-order valence-electron chi connectivity index (χ2n) is 4.46. The Labute approximate surface area is 107 Å². The van der Waals surface area contributed by atoms with Gasteiger partial charge < -0.3 is 10.5 Å². The van der Waals surface area contributed by atoms with Gasteiger partial charge in [0.1, 0.15) is 0 Å². The van der Waals surface area contributed by atoms with E-state index in [1.807, 2.05) is 13.8 Å². The Morgan fingerprint density at radius 3 is 2.47 bits per heavy atom. The van der Waals surface area contributed by atoms with Crippen LogP contribution in [0.3, 0.4) is 0 Å². The summed E-state index contributed by atoms with van der Waals surface area (Å²) < 4.78 is 5.41. The largest absolute Gasteiger partial charge is 0.461 e. The molecule has 0 atom stereocenters. The van der Waals surface area contributed by atoms with Crippen molar-refractivity contribution >= 4 is 17.7 Å². The van der Waals surface area contributed by atoms with Crippen molar-refractivity contribution in [2.45, 2.75) is 45.4 Å². The Balaban J connectivity index is 2.62. The van der Waals surface area contributed by atoms with E-state index in [1.54, 1.807) is 11.8 Å². The Morgan fingerprint density at radius 2 is 1.88 bits per heavy atom. The number of thioether (sulfide) groups is 1. The summed E-state index contributed by atoms with van der Waals surface area (Å²) in [5.41, 5.74) is 5.61. The lowest BCUT2D eigenvalue weighted by molar-refractivity contribution is 0.219. The van der Waals surface area contributed by atoms with Gasteiger partial charge in [0.05, 0.1) is 6.10 Å². The molecule has 1 aromatic heterocycles. The number of hydrogen-bond acceptors (Lipinski definition) is 6. The van der Waals surface area contributed by atoms with Crippen LogP contribution in [0.2, 0.25) is 0 Å². The molecule has 1 aromatic rings. The van der Waals surface area contributed by atoms with Crippen molar-refractivity contribution < 1.29 is 4.74 Å². The molecule has 2 N–H and O–H groups in total. The van der Waals surface area contributed by atoms with E-state index < -0.39 is 0 Å². The molecule has 96 valence electrons. The van der Waals surface area contributed by atoms with Crippen molar-refractivity contribution in [3.05, 3.63) is 0 Å². The van der Waals surface area contributed by atoms with E-state index in [1.165, 1.54) is 0 Å². The van der Waals surface area contributed by atoms with E-state index in [4.69, 9.17) is 10.5 Å². The van der Waals surface area contributed by atoms with Gasteiger partial charge in [-0.2, -0.15) is 15.0 Å². The van der Waals surface area contributed by atoms with Gasteiger partial charge >= 0.3 is 6.01 Å². The van der Waals surface area contributed by atoms with Crippen molar-refractivity contribution in [1.29, 1.82) is 0 Å². The predicted octanol–water partition coefficient (Wildman–Crippen LogP) is 2.38. The van der Waals surface area contributed by atoms with Gasteiger partial charge in [0.15, 0.2) is 5.16 Å². The normalized spacial score (nSPS) is 11.2. The zero-order chi connectivity index (χ0) is 12.8. The third-order valence-corrected chi connectivity index (χ3v) is 2.76. The first kappa shape index (κ1) is 14.0. The molecule has 0 fully saturated rings. The average Bonchev–Trinajstić information content (AvgIpc) is 2.14. The lowest BCUT2D eigenvalue weighted by atomic mass is 10.2. The lowest BCUT2D eigenvalue weighted by Crippen LogP contribution is -2.11. The van der Waals surface area contributed by atoms with Gasteiger partial charge in [0.25, 0.3) is 0 Å². The van der Waals surface area contributed by atoms with Crippen LogP contribution in [-0.2, 0) is 0 Å². The average molecular weight is 256 g/mol. The van der Waals surface area contributed by atoms with E-state index in [0.29, 0.717) is 17.1 Å². The minimum absolute atomic E-state index is 0.0327. The van der Waals surface area contributed by atoms with Crippen molar-refractivity contribution in [1.82, 2.24) is 15.0 Å². The first-order valence-electron chi connectivity index (χ1n) is 5.78. The maximum absolute atomic E-state index is 5.61. The molecular weight excluding hydrogens is 236 g/mol. The van der Waals surface area contributed by atoms with Gasteiger partial charge in [-0.1, -0.05) is 25.6 Å². The molecule has 0 bridgehead atoms. The zero-order valence-corrected chi connectivity index (χ0v) is 11.6. The molecule has 17 heavy (non-hydrogen) atoms. The minimum atomic E-state index is 0.0327. The van der Waals surface area contributed by atoms with Gasteiger partial charge in [-0.3, -0.25) is 0 Å². The Hall–Kier alpha value is -1.04. The van der Waals surface area contributed by atoms with Crippen LogP contribution in [0.1, 0.15) is 34.1 Å². The summed E-state index contributed by atoms with van der Waals surface area (Å²) >= 11 is 1.58. The van der Waals surface area contributed by atoms with E-state index >= 15 is 0 Å². The highest BCUT2D eigenvalue weighted by molar-refractivity contribution is 7.99. The topological polar surface area (TPSA) is 73.9 Å². The molecule has 0 aliphatic carbocycles. The predicted molar refractivity (Wildman–Crippen MR) is 70.2 cm³/mol. The fraction of sp³-hybridized carbons (Fsp3) is 0.727. The van der Waals surface area contributed by atoms with Crippen LogP contribution in [0.25, 0.3) is 0 Å². The zero-order valence-electron chi connectivity index (χ0n) is 10.8. The molecule has 0 aliphatic heterocycles. The Morgan fingerprint density at radius 1 is 1.18 bits per heavy atom. The van der Waals surface area contributed by atoms with Crippen LogP contribution < -0.4 is 10.5 Å². The summed E-state index contributed by atoms with van der Waals surface area (Å²) in [7, 11) is 0. The van der Waals surface area contributed by atoms with Crippen molar-refractivity contribution in [3.63, 3.8) is 0 Å². The molecule has 6 heteroatoms. The third-order valence-electron chi connectivity index (χ3n) is 1.88. The number of hydrogen-bond donors (Lipinski definition) is 1. The summed E-state index contributed by atoms with van der Waals surface area (Å²) in [6.45, 7) is 8.22. The van der Waals surface area contributed by atoms with Crippen LogP contribution in [-0.4, -0.2) is 26.8 Å². The SMILES string of the molecule is CC(C)CCSc1nc(N)nc(OC(C)C)n1. The van der Waals surface area contributed by atoms with E-state index in [9.17, 15) is 0 Å². The molecular formula is C11H20N4OS. The minimum Gasteiger partial charge on any atom is -0.461 e. The summed E-state index contributed by atoms with van der Waals surface area (Å²) in [5.74, 6) is 1.86. The van der Waals surface area contributed by atoms with Crippen molar-refractivity contribution in [2.75, 3.05) is 11.5 Å². The van der Waals surface area contributed by atoms with Crippen LogP contribution in [0.4, 0.5) is 5.95 Å². The summed E-state index contributed by atoms with van der Waals surface area (Å²) in [4.78, 5) is 12.2. The molecule has 0 aromatic carbocycles. The Bertz CT molecular complexity index is 357. The summed E-state index contributed by atoms with van der Waals surface area (Å²) in [6.07, 6.45) is 1.15. The maximum Gasteiger partial charge on any atom is 0.322 e. The second-order valence-corrected chi connectivity index (χ2v) is 5.52. The maximum atomic E-state index is 5.61. The van der Waals surface area contributed by atoms with Crippen molar-refractivity contribution in [3.8, 4) is 6.01 Å². The highest BCUT2D eigenvalue weighted by Gasteiger charge is 2.07. The van der Waals surface area contributed by atoms with Crippen LogP contribution in [0.5, 0.6) is 6.01 Å². The number of ether oxygens (including phenoxy) is 1. The number of nitrogens with two attached hydrogens (primary N) is 1. The molecule has 0 spiro atoms. The van der Waals surface area contributed by atoms with E-state index in [2.05, 4.69) is 28.8 Å². The lowest BCUT2D eigenvalue weighted by Gasteiger charge is -2.09. The van der Waals surface area contributed by atoms with Gasteiger partial charge in [-0.05, 0) is 26.2 Å². The fourth-order valence-electron chi connectivity index (χ4n) is 1.07. The van der Waals surface area contributed by atoms with Gasteiger partial charge in [-0.15, -0.1) is 0 Å². The van der Waals surface area contributed by atoms with E-state index in [-0.39, 0.29) is 12.1 Å². The standard InChI is InChI=1S/C11H20N4OS/c1-7(2)5-6-17-11-14-9(12)13-10(15-11)16-8(3)4/h7-8H,5-6H2,1-4H3,(H2,12,13,14,15). The van der Waals surface area contributed by atoms with Crippen LogP contribution in [0, 0.1) is 5.92 Å². The first-order chi connectivity index (χ1) is 7.97. The molecule has 0 saturated heterocycles. The molecule has 0 amide bonds. The molecule has 0 aliphatic rings. The number of rotatable bonds is 6. The second kappa shape index (κ2) is 6.64. The smallest absolute Gasteiger partial charge is 0.322 e. The molecule has 1 rings (SSSR count). The number of aromatic nitrogens is 3. The fourth-order valence-corrected chi connectivity index (χ4v) is 2.14. The third kappa shape index (κ3) is 5.72. The quantitative estimate of drug-likeness (QED) is 0.788. The number of anilines is 1. The van der Waals surface area contributed by atoms with Crippen LogP contribution in [0.15, 0.2) is 5.16 Å². The summed E-state index contributed by atoms with van der Waals surface area (Å²) in [5, 5.41) is 0.633. The molecule has 0 saturated carbocycles. The van der Waals surface area contributed by atoms with Gasteiger partial charge in [0.2, 0.25) is 5.95 Å². The highest BCUT2D eigenvalue weighted by atomic mass is 32.2. The Kier molecular flexibility index (Phi) is 5.47. The first-order valence-corrected chi connectivity index (χ1v) is 6.77. The molecule has 1 heterocycles. The molecule has 0 radical (unpaired) electrons. The summed E-state index contributed by atoms with van der Waals surface area (Å²) in [6, 6.07) is 0.305. The van der Waals surface area contributed by atoms with E-state index in [0.717, 1.165) is 12.2 Å². The van der Waals surface area contributed by atoms with Crippen molar-refractivity contribution in [2.24, 2.45) is 5.92 Å². The van der Waals surface area contributed by atoms with Crippen LogP contribution >= 0.6 is 11.8 Å². The highest BCUT2D eigenvalue weighted by Crippen LogP contribution is 2.19. The molecule has 5 nitrogen and oxygen atoms in total. The number of nitrogen functional groups attached to an aromatic ring is 1. The molecule has 0 unspecified atom stereocenters. The monoisotopic (exact) mass is 256 g/mol. The van der Waals surface area contributed by atoms with Gasteiger partial charge in [-0.25, -0.2) is 0 Å². The number of nitrogens with zero attached hydrogens (tertiary/aromatic N) is 3. The van der Waals surface area contributed by atoms with Gasteiger partial charge in [0, 0.05) is 5.75 Å².